The number of thiazole rings is 1. The molecule has 3 heterocycles. The summed E-state index contributed by atoms with van der Waals surface area (Å²) in [4.78, 5) is 30.2. The molecule has 6 nitrogen and oxygen atoms in total. The number of rotatable bonds is 5. The van der Waals surface area contributed by atoms with Gasteiger partial charge in [-0.1, -0.05) is 30.3 Å². The highest BCUT2D eigenvalue weighted by Gasteiger charge is 2.49. The van der Waals surface area contributed by atoms with Gasteiger partial charge in [0.2, 0.25) is 5.95 Å². The van der Waals surface area contributed by atoms with Crippen molar-refractivity contribution in [2.45, 2.75) is 45.6 Å². The molecule has 0 bridgehead atoms. The third-order valence-corrected chi connectivity index (χ3v) is 7.49. The molecule has 1 aromatic carbocycles. The zero-order chi connectivity index (χ0) is 21.4. The van der Waals surface area contributed by atoms with E-state index in [0.717, 1.165) is 40.5 Å². The molecule has 1 aliphatic heterocycles. The van der Waals surface area contributed by atoms with Crippen molar-refractivity contribution in [3.05, 3.63) is 59.0 Å². The van der Waals surface area contributed by atoms with E-state index in [1.165, 1.54) is 12.8 Å². The maximum Gasteiger partial charge on any atom is 0.274 e. The molecule has 160 valence electrons. The second-order valence-corrected chi connectivity index (χ2v) is 9.99. The van der Waals surface area contributed by atoms with Gasteiger partial charge in [-0.15, -0.1) is 11.3 Å². The van der Waals surface area contributed by atoms with Crippen molar-refractivity contribution in [3.8, 4) is 10.4 Å². The van der Waals surface area contributed by atoms with E-state index in [2.05, 4.69) is 20.3 Å². The van der Waals surface area contributed by atoms with Crippen LogP contribution in [-0.4, -0.2) is 44.9 Å². The molecule has 1 N–H and O–H groups in total. The van der Waals surface area contributed by atoms with Gasteiger partial charge in [0.15, 0.2) is 0 Å². The van der Waals surface area contributed by atoms with Gasteiger partial charge in [-0.2, -0.15) is 0 Å². The summed E-state index contributed by atoms with van der Waals surface area (Å²) < 4.78 is 0. The second kappa shape index (κ2) is 8.04. The van der Waals surface area contributed by atoms with E-state index >= 15 is 0 Å². The van der Waals surface area contributed by atoms with Crippen molar-refractivity contribution >= 4 is 23.2 Å². The summed E-state index contributed by atoms with van der Waals surface area (Å²) in [6.45, 7) is 5.36. The number of aromatic nitrogens is 3. The van der Waals surface area contributed by atoms with Crippen LogP contribution in [0.4, 0.5) is 5.95 Å². The molecule has 7 heteroatoms. The molecule has 2 fully saturated rings. The van der Waals surface area contributed by atoms with E-state index in [1.54, 1.807) is 17.5 Å². The monoisotopic (exact) mass is 433 g/mol. The number of carbonyl (C=O) groups excluding carboxylic acids is 1. The first-order valence-corrected chi connectivity index (χ1v) is 11.7. The molecule has 2 aromatic heterocycles. The number of aryl methyl sites for hydroxylation is 2. The summed E-state index contributed by atoms with van der Waals surface area (Å²) in [5.41, 5.74) is 2.99. The van der Waals surface area contributed by atoms with Gasteiger partial charge in [-0.25, -0.2) is 15.0 Å². The minimum Gasteiger partial charge on any atom is -0.352 e. The van der Waals surface area contributed by atoms with E-state index in [0.29, 0.717) is 23.6 Å². The fourth-order valence-corrected chi connectivity index (χ4v) is 5.49. The molecule has 0 radical (unpaired) electrons. The minimum absolute atomic E-state index is 0.0377. The van der Waals surface area contributed by atoms with Crippen LogP contribution in [0.25, 0.3) is 10.4 Å². The minimum atomic E-state index is 0.0377. The molecule has 2 aliphatic rings. The first-order chi connectivity index (χ1) is 15.0. The largest absolute Gasteiger partial charge is 0.352 e. The fourth-order valence-electron chi connectivity index (χ4n) is 4.57. The molecule has 1 spiro atoms. The Morgan fingerprint density at radius 3 is 2.71 bits per heavy atom. The maximum absolute atomic E-state index is 13.7. The number of likely N-dealkylation sites (tertiary alicyclic amines) is 1. The van der Waals surface area contributed by atoms with Crippen LogP contribution < -0.4 is 5.32 Å². The van der Waals surface area contributed by atoms with Crippen molar-refractivity contribution in [3.63, 3.8) is 0 Å². The van der Waals surface area contributed by atoms with E-state index in [-0.39, 0.29) is 11.9 Å². The zero-order valence-electron chi connectivity index (χ0n) is 18.0. The summed E-state index contributed by atoms with van der Waals surface area (Å²) in [5.74, 6) is 0.660. The van der Waals surface area contributed by atoms with Gasteiger partial charge in [0.1, 0.15) is 5.69 Å². The Kier molecular flexibility index (Phi) is 5.22. The summed E-state index contributed by atoms with van der Waals surface area (Å²) in [5, 5.41) is 4.29. The molecular formula is C24H27N5OS. The fraction of sp³-hybridized carbons (Fsp3) is 0.417. The molecule has 1 saturated carbocycles. The molecule has 5 rings (SSSR count). The van der Waals surface area contributed by atoms with Gasteiger partial charge in [0.25, 0.3) is 5.91 Å². The number of piperidine rings is 1. The topological polar surface area (TPSA) is 71.0 Å². The highest BCUT2D eigenvalue weighted by atomic mass is 32.1. The number of carbonyl (C=O) groups is 1. The van der Waals surface area contributed by atoms with Crippen LogP contribution >= 0.6 is 11.3 Å². The number of nitrogens with one attached hydrogen (secondary N) is 1. The van der Waals surface area contributed by atoms with Gasteiger partial charge < -0.3 is 10.2 Å². The second-order valence-electron chi connectivity index (χ2n) is 8.79. The number of anilines is 1. The summed E-state index contributed by atoms with van der Waals surface area (Å²) >= 11 is 1.59. The lowest BCUT2D eigenvalue weighted by Gasteiger charge is -2.40. The van der Waals surface area contributed by atoms with Crippen LogP contribution in [0.1, 0.15) is 46.9 Å². The average Bonchev–Trinajstić information content (AvgIpc) is 3.41. The Labute approximate surface area is 186 Å². The molecule has 1 atom stereocenters. The van der Waals surface area contributed by atoms with Gasteiger partial charge >= 0.3 is 0 Å². The highest BCUT2D eigenvalue weighted by molar-refractivity contribution is 7.15. The van der Waals surface area contributed by atoms with Crippen molar-refractivity contribution in [2.24, 2.45) is 5.41 Å². The third kappa shape index (κ3) is 4.19. The van der Waals surface area contributed by atoms with Gasteiger partial charge in [-0.3, -0.25) is 4.79 Å². The third-order valence-electron chi connectivity index (χ3n) is 6.47. The first kappa shape index (κ1) is 20.1. The maximum atomic E-state index is 13.7. The normalized spacial score (nSPS) is 19.4. The van der Waals surface area contributed by atoms with Gasteiger partial charge in [0, 0.05) is 31.0 Å². The van der Waals surface area contributed by atoms with Crippen LogP contribution in [0.15, 0.2) is 42.6 Å². The highest BCUT2D eigenvalue weighted by Crippen LogP contribution is 2.55. The van der Waals surface area contributed by atoms with Crippen LogP contribution in [0.3, 0.4) is 0 Å². The lowest BCUT2D eigenvalue weighted by molar-refractivity contribution is 0.0541. The molecule has 3 aromatic rings. The molecule has 1 amide bonds. The Bertz CT molecular complexity index is 1090. The molecule has 1 saturated heterocycles. The van der Waals surface area contributed by atoms with Crippen molar-refractivity contribution < 1.29 is 4.79 Å². The lowest BCUT2D eigenvalue weighted by Crippen LogP contribution is -2.50. The smallest absolute Gasteiger partial charge is 0.274 e. The predicted molar refractivity (Wildman–Crippen MR) is 123 cm³/mol. The number of hydrogen-bond acceptors (Lipinski definition) is 6. The van der Waals surface area contributed by atoms with Crippen LogP contribution in [0.2, 0.25) is 0 Å². The SMILES string of the molecule is Cc1ccnc(NC[C@@H]2CC3(CCN2C(=O)c2nc(C)sc2-c2ccccc2)CC3)n1. The molecular weight excluding hydrogens is 406 g/mol. The van der Waals surface area contributed by atoms with Crippen LogP contribution in [-0.2, 0) is 0 Å². The quantitative estimate of drug-likeness (QED) is 0.631. The van der Waals surface area contributed by atoms with Crippen LogP contribution in [0.5, 0.6) is 0 Å². The predicted octanol–water partition coefficient (Wildman–Crippen LogP) is 4.71. The summed E-state index contributed by atoms with van der Waals surface area (Å²) in [7, 11) is 0. The van der Waals surface area contributed by atoms with Gasteiger partial charge in [0.05, 0.1) is 9.88 Å². The van der Waals surface area contributed by atoms with E-state index in [1.807, 2.05) is 55.1 Å². The standard InChI is InChI=1S/C24H27N5OS/c1-16-8-12-25-23(27-16)26-15-19-14-24(9-10-24)11-13-29(19)22(30)20-21(31-17(2)28-20)18-6-4-3-5-7-18/h3-8,12,19H,9-11,13-15H2,1-2H3,(H,25,26,27)/t19-/m0/s1. The van der Waals surface area contributed by atoms with Crippen molar-refractivity contribution in [1.29, 1.82) is 0 Å². The molecule has 31 heavy (non-hydrogen) atoms. The Balaban J connectivity index is 1.40. The van der Waals surface area contributed by atoms with E-state index in [4.69, 9.17) is 0 Å². The Morgan fingerprint density at radius 1 is 1.16 bits per heavy atom. The number of benzene rings is 1. The zero-order valence-corrected chi connectivity index (χ0v) is 18.8. The number of nitrogens with zero attached hydrogens (tertiary/aromatic N) is 4. The average molecular weight is 434 g/mol. The van der Waals surface area contributed by atoms with Crippen molar-refractivity contribution in [1.82, 2.24) is 19.9 Å². The number of amides is 1. The van der Waals surface area contributed by atoms with Crippen molar-refractivity contribution in [2.75, 3.05) is 18.4 Å². The lowest BCUT2D eigenvalue weighted by atomic mass is 9.87. The summed E-state index contributed by atoms with van der Waals surface area (Å²) in [6, 6.07) is 12.1. The molecule has 0 unspecified atom stereocenters. The van der Waals surface area contributed by atoms with E-state index < -0.39 is 0 Å². The first-order valence-electron chi connectivity index (χ1n) is 10.9. The number of hydrogen-bond donors (Lipinski definition) is 1. The molecule has 1 aliphatic carbocycles. The Hall–Kier alpha value is -2.80. The Morgan fingerprint density at radius 2 is 1.97 bits per heavy atom. The van der Waals surface area contributed by atoms with Gasteiger partial charge in [-0.05, 0) is 56.6 Å². The van der Waals surface area contributed by atoms with E-state index in [9.17, 15) is 4.79 Å². The van der Waals surface area contributed by atoms with Crippen LogP contribution in [0, 0.1) is 19.3 Å². The summed E-state index contributed by atoms with van der Waals surface area (Å²) in [6.07, 6.45) is 6.43.